The summed E-state index contributed by atoms with van der Waals surface area (Å²) in [6.45, 7) is 5.52. The molecule has 2 aliphatic heterocycles. The summed E-state index contributed by atoms with van der Waals surface area (Å²) in [6, 6.07) is 0. The van der Waals surface area contributed by atoms with Crippen LogP contribution in [0.4, 0.5) is 5.00 Å². The lowest BCUT2D eigenvalue weighted by atomic mass is 10.1. The fraction of sp³-hybridized carbons (Fsp3) is 0.696. The zero-order chi connectivity index (χ0) is 22.5. The minimum atomic E-state index is -0.344. The van der Waals surface area contributed by atoms with Gasteiger partial charge in [-0.15, -0.1) is 11.3 Å². The Labute approximate surface area is 193 Å². The van der Waals surface area contributed by atoms with Gasteiger partial charge in [0.2, 0.25) is 5.91 Å². The van der Waals surface area contributed by atoms with Gasteiger partial charge in [0.15, 0.2) is 0 Å². The summed E-state index contributed by atoms with van der Waals surface area (Å²) in [5, 5.41) is 3.61. The summed E-state index contributed by atoms with van der Waals surface area (Å²) in [6.07, 6.45) is 6.58. The Balaban J connectivity index is 1.35. The van der Waals surface area contributed by atoms with Crippen LogP contribution in [0.25, 0.3) is 0 Å². The van der Waals surface area contributed by atoms with Gasteiger partial charge in [-0.2, -0.15) is 0 Å². The van der Waals surface area contributed by atoms with Crippen molar-refractivity contribution in [2.45, 2.75) is 58.0 Å². The highest BCUT2D eigenvalue weighted by molar-refractivity contribution is 7.17. The zero-order valence-corrected chi connectivity index (χ0v) is 19.6. The lowest BCUT2D eigenvalue weighted by Gasteiger charge is -2.35. The third-order valence-electron chi connectivity index (χ3n) is 6.41. The second-order valence-corrected chi connectivity index (χ2v) is 9.75. The maximum absolute atomic E-state index is 12.8. The van der Waals surface area contributed by atoms with E-state index in [0.717, 1.165) is 50.5 Å². The summed E-state index contributed by atoms with van der Waals surface area (Å²) < 4.78 is 10.8. The molecule has 0 bridgehead atoms. The van der Waals surface area contributed by atoms with E-state index in [-0.39, 0.29) is 30.4 Å². The van der Waals surface area contributed by atoms with E-state index >= 15 is 0 Å². The maximum Gasteiger partial charge on any atom is 0.341 e. The second kappa shape index (κ2) is 10.8. The molecule has 1 aromatic heterocycles. The summed E-state index contributed by atoms with van der Waals surface area (Å²) in [7, 11) is 0. The number of ether oxygens (including phenoxy) is 2. The maximum atomic E-state index is 12.8. The van der Waals surface area contributed by atoms with Gasteiger partial charge in [-0.3, -0.25) is 14.5 Å². The molecule has 0 spiro atoms. The third-order valence-corrected chi connectivity index (χ3v) is 7.62. The first kappa shape index (κ1) is 23.2. The molecule has 1 aliphatic carbocycles. The fourth-order valence-corrected chi connectivity index (χ4v) is 6.02. The molecule has 32 heavy (non-hydrogen) atoms. The zero-order valence-electron chi connectivity index (χ0n) is 18.8. The number of fused-ring (bicyclic) bond motifs is 1. The molecule has 8 nitrogen and oxygen atoms in total. The van der Waals surface area contributed by atoms with Crippen molar-refractivity contribution < 1.29 is 23.9 Å². The molecule has 0 saturated carbocycles. The van der Waals surface area contributed by atoms with Gasteiger partial charge in [-0.1, -0.05) is 6.42 Å². The van der Waals surface area contributed by atoms with Crippen molar-refractivity contribution in [1.82, 2.24) is 9.80 Å². The van der Waals surface area contributed by atoms with E-state index in [4.69, 9.17) is 9.47 Å². The van der Waals surface area contributed by atoms with E-state index in [0.29, 0.717) is 50.0 Å². The largest absolute Gasteiger partial charge is 0.462 e. The number of nitrogens with zero attached hydrogens (tertiary/aromatic N) is 2. The molecule has 2 fully saturated rings. The van der Waals surface area contributed by atoms with Crippen LogP contribution in [0.1, 0.15) is 59.8 Å². The van der Waals surface area contributed by atoms with Crippen molar-refractivity contribution in [2.75, 3.05) is 51.3 Å². The first-order valence-electron chi connectivity index (χ1n) is 11.8. The molecule has 3 aliphatic rings. The molecule has 176 valence electrons. The van der Waals surface area contributed by atoms with E-state index in [1.807, 2.05) is 4.90 Å². The van der Waals surface area contributed by atoms with Crippen LogP contribution in [-0.2, 0) is 31.9 Å². The number of carbonyl (C=O) groups excluding carboxylic acids is 3. The van der Waals surface area contributed by atoms with Crippen molar-refractivity contribution in [3.63, 3.8) is 0 Å². The van der Waals surface area contributed by atoms with Gasteiger partial charge in [0.1, 0.15) is 11.1 Å². The van der Waals surface area contributed by atoms with Crippen LogP contribution in [0.3, 0.4) is 0 Å². The predicted molar refractivity (Wildman–Crippen MR) is 122 cm³/mol. The van der Waals surface area contributed by atoms with Gasteiger partial charge in [0.25, 0.3) is 5.91 Å². The Bertz CT molecular complexity index is 841. The number of rotatable bonds is 6. The molecule has 0 aromatic carbocycles. The highest BCUT2D eigenvalue weighted by atomic mass is 32.1. The molecule has 1 atom stereocenters. The normalized spacial score (nSPS) is 21.7. The molecule has 2 amide bonds. The number of hydrogen-bond donors (Lipinski definition) is 1. The first-order chi connectivity index (χ1) is 15.6. The highest BCUT2D eigenvalue weighted by Crippen LogP contribution is 2.38. The van der Waals surface area contributed by atoms with E-state index in [1.165, 1.54) is 16.2 Å². The Morgan fingerprint density at radius 3 is 2.59 bits per heavy atom. The van der Waals surface area contributed by atoms with Gasteiger partial charge in [0.05, 0.1) is 18.7 Å². The molecule has 2 saturated heterocycles. The monoisotopic (exact) mass is 463 g/mol. The number of anilines is 1. The molecule has 1 aromatic rings. The number of hydrogen-bond acceptors (Lipinski definition) is 7. The molecular formula is C23H33N3O5S. The molecule has 4 rings (SSSR count). The van der Waals surface area contributed by atoms with E-state index in [9.17, 15) is 14.4 Å². The van der Waals surface area contributed by atoms with Crippen LogP contribution in [0, 0.1) is 0 Å². The van der Waals surface area contributed by atoms with Crippen LogP contribution >= 0.6 is 11.3 Å². The van der Waals surface area contributed by atoms with Gasteiger partial charge in [0, 0.05) is 37.7 Å². The second-order valence-electron chi connectivity index (χ2n) is 8.64. The number of aryl methyl sites for hydroxylation is 1. The van der Waals surface area contributed by atoms with Gasteiger partial charge in [-0.25, -0.2) is 4.79 Å². The van der Waals surface area contributed by atoms with Crippen LogP contribution in [-0.4, -0.2) is 79.6 Å². The minimum absolute atomic E-state index is 0.0748. The number of esters is 1. The average molecular weight is 464 g/mol. The van der Waals surface area contributed by atoms with E-state index < -0.39 is 0 Å². The van der Waals surface area contributed by atoms with Crippen LogP contribution in [0.5, 0.6) is 0 Å². The quantitative estimate of drug-likeness (QED) is 0.515. The molecular weight excluding hydrogens is 430 g/mol. The van der Waals surface area contributed by atoms with E-state index in [1.54, 1.807) is 6.92 Å². The number of piperazine rings is 1. The molecule has 1 unspecified atom stereocenters. The van der Waals surface area contributed by atoms with Crippen molar-refractivity contribution in [1.29, 1.82) is 0 Å². The van der Waals surface area contributed by atoms with Crippen molar-refractivity contribution in [3.05, 3.63) is 16.0 Å². The van der Waals surface area contributed by atoms with Crippen LogP contribution < -0.4 is 5.32 Å². The van der Waals surface area contributed by atoms with Gasteiger partial charge in [-0.05, 0) is 51.0 Å². The van der Waals surface area contributed by atoms with Gasteiger partial charge < -0.3 is 19.7 Å². The standard InChI is InChI=1S/C23H33N3O5S/c1-2-30-23(29)20-16-7-4-3-5-9-18(16)32-21(20)24-19(27)15-25-10-12-26(13-11-25)22(28)17-8-6-14-31-17/h17H,2-15H2,1H3,(H,24,27). The van der Waals surface area contributed by atoms with Crippen molar-refractivity contribution in [3.8, 4) is 0 Å². The predicted octanol–water partition coefficient (Wildman–Crippen LogP) is 2.46. The van der Waals surface area contributed by atoms with Crippen LogP contribution in [0.15, 0.2) is 0 Å². The SMILES string of the molecule is CCOC(=O)c1c(NC(=O)CN2CCN(C(=O)C3CCCO3)CC2)sc2c1CCCCC2. The minimum Gasteiger partial charge on any atom is -0.462 e. The summed E-state index contributed by atoms with van der Waals surface area (Å²) in [4.78, 5) is 43.1. The Kier molecular flexibility index (Phi) is 7.80. The molecule has 1 N–H and O–H groups in total. The Morgan fingerprint density at radius 2 is 1.88 bits per heavy atom. The number of thiophene rings is 1. The lowest BCUT2D eigenvalue weighted by molar-refractivity contribution is -0.142. The summed E-state index contributed by atoms with van der Waals surface area (Å²) in [5.41, 5.74) is 1.61. The molecule has 0 radical (unpaired) electrons. The Hall–Kier alpha value is -1.97. The fourth-order valence-electron chi connectivity index (χ4n) is 4.72. The van der Waals surface area contributed by atoms with Crippen molar-refractivity contribution in [2.24, 2.45) is 0 Å². The van der Waals surface area contributed by atoms with Crippen LogP contribution in [0.2, 0.25) is 0 Å². The topological polar surface area (TPSA) is 88.2 Å². The third kappa shape index (κ3) is 5.32. The Morgan fingerprint density at radius 1 is 1.09 bits per heavy atom. The number of amides is 2. The smallest absolute Gasteiger partial charge is 0.341 e. The summed E-state index contributed by atoms with van der Waals surface area (Å²) in [5.74, 6) is -0.403. The van der Waals surface area contributed by atoms with Crippen molar-refractivity contribution >= 4 is 34.1 Å². The molecule has 9 heteroatoms. The average Bonchev–Trinajstić information content (AvgIpc) is 3.37. The molecule has 3 heterocycles. The van der Waals surface area contributed by atoms with Gasteiger partial charge >= 0.3 is 5.97 Å². The summed E-state index contributed by atoms with van der Waals surface area (Å²) >= 11 is 1.52. The number of carbonyl (C=O) groups is 3. The first-order valence-corrected chi connectivity index (χ1v) is 12.6. The highest BCUT2D eigenvalue weighted by Gasteiger charge is 2.31. The van der Waals surface area contributed by atoms with E-state index in [2.05, 4.69) is 10.2 Å². The number of nitrogens with one attached hydrogen (secondary N) is 1. The lowest BCUT2D eigenvalue weighted by Crippen LogP contribution is -2.52.